The molecule has 0 N–H and O–H groups in total. The molecule has 0 aliphatic carbocycles. The molecule has 0 amide bonds. The van der Waals surface area contributed by atoms with Gasteiger partial charge in [0.2, 0.25) is 0 Å². The summed E-state index contributed by atoms with van der Waals surface area (Å²) in [6.07, 6.45) is 0.146. The highest BCUT2D eigenvalue weighted by atomic mass is 35.5. The number of nitrogens with zero attached hydrogens (tertiary/aromatic N) is 3. The van der Waals surface area contributed by atoms with Crippen molar-refractivity contribution in [3.8, 4) is 0 Å². The molecule has 1 unspecified atom stereocenters. The molecule has 0 aromatic carbocycles. The first-order valence-corrected chi connectivity index (χ1v) is 6.71. The number of rotatable bonds is 4. The lowest BCUT2D eigenvalue weighted by Crippen LogP contribution is -2.43. The number of carbonyl (C=O) groups is 1. The fourth-order valence-electron chi connectivity index (χ4n) is 1.82. The highest BCUT2D eigenvalue weighted by Crippen LogP contribution is 2.20. The highest BCUT2D eigenvalue weighted by Gasteiger charge is 2.24. The maximum atomic E-state index is 11.2. The molecule has 0 spiro atoms. The highest BCUT2D eigenvalue weighted by molar-refractivity contribution is 7.10. The Balaban J connectivity index is 1.87. The van der Waals surface area contributed by atoms with E-state index in [9.17, 15) is 4.79 Å². The topological polar surface area (TPSA) is 64.5 Å². The van der Waals surface area contributed by atoms with Gasteiger partial charge in [-0.2, -0.15) is 0 Å². The van der Waals surface area contributed by atoms with Crippen molar-refractivity contribution in [2.24, 2.45) is 0 Å². The van der Waals surface area contributed by atoms with Gasteiger partial charge < -0.3 is 9.47 Å². The zero-order chi connectivity index (χ0) is 13.0. The molecule has 2 heterocycles. The van der Waals surface area contributed by atoms with Crippen molar-refractivity contribution >= 4 is 29.1 Å². The van der Waals surface area contributed by atoms with Crippen molar-refractivity contribution in [2.75, 3.05) is 26.8 Å². The number of carbonyl (C=O) groups excluding carboxylic acids is 1. The Morgan fingerprint density at radius 1 is 1.72 bits per heavy atom. The molecule has 1 fully saturated rings. The van der Waals surface area contributed by atoms with Crippen LogP contribution in [0.5, 0.6) is 0 Å². The number of ether oxygens (including phenoxy) is 2. The second-order valence-corrected chi connectivity index (χ2v) is 5.36. The molecule has 1 atom stereocenters. The summed E-state index contributed by atoms with van der Waals surface area (Å²) < 4.78 is 14.6. The minimum Gasteiger partial charge on any atom is -0.469 e. The van der Waals surface area contributed by atoms with Crippen molar-refractivity contribution < 1.29 is 14.3 Å². The lowest BCUT2D eigenvalue weighted by atomic mass is 10.2. The van der Waals surface area contributed by atoms with Crippen LogP contribution in [-0.4, -0.2) is 53.4 Å². The lowest BCUT2D eigenvalue weighted by molar-refractivity contribution is -0.145. The van der Waals surface area contributed by atoms with E-state index in [1.54, 1.807) is 0 Å². The van der Waals surface area contributed by atoms with E-state index in [2.05, 4.69) is 19.2 Å². The molecule has 0 radical (unpaired) electrons. The number of halogens is 1. The largest absolute Gasteiger partial charge is 0.469 e. The molecule has 18 heavy (non-hydrogen) atoms. The first-order valence-electron chi connectivity index (χ1n) is 5.56. The van der Waals surface area contributed by atoms with Crippen molar-refractivity contribution in [1.29, 1.82) is 0 Å². The molecular weight excluding hydrogens is 278 g/mol. The van der Waals surface area contributed by atoms with Gasteiger partial charge in [-0.05, 0) is 0 Å². The minimum atomic E-state index is -0.254. The zero-order valence-electron chi connectivity index (χ0n) is 9.97. The van der Waals surface area contributed by atoms with Crippen LogP contribution in [0.1, 0.15) is 12.1 Å². The number of hydrogen-bond donors (Lipinski definition) is 0. The van der Waals surface area contributed by atoms with E-state index in [1.807, 2.05) is 0 Å². The second-order valence-electron chi connectivity index (χ2n) is 4.00. The predicted octanol–water partition coefficient (Wildman–Crippen LogP) is 0.955. The van der Waals surface area contributed by atoms with Gasteiger partial charge in [0, 0.05) is 31.2 Å². The maximum absolute atomic E-state index is 11.2. The van der Waals surface area contributed by atoms with Crippen molar-refractivity contribution in [1.82, 2.24) is 14.5 Å². The van der Waals surface area contributed by atoms with E-state index in [4.69, 9.17) is 16.3 Å². The summed E-state index contributed by atoms with van der Waals surface area (Å²) in [6.45, 7) is 2.70. The summed E-state index contributed by atoms with van der Waals surface area (Å²) in [7, 11) is 1.38. The fourth-order valence-corrected chi connectivity index (χ4v) is 2.43. The Morgan fingerprint density at radius 3 is 3.22 bits per heavy atom. The molecule has 1 aromatic heterocycles. The third-order valence-corrected chi connectivity index (χ3v) is 3.71. The van der Waals surface area contributed by atoms with Crippen LogP contribution in [0.15, 0.2) is 0 Å². The monoisotopic (exact) mass is 291 g/mol. The summed E-state index contributed by atoms with van der Waals surface area (Å²) >= 11 is 7.14. The van der Waals surface area contributed by atoms with Crippen LogP contribution in [0.3, 0.4) is 0 Å². The summed E-state index contributed by atoms with van der Waals surface area (Å²) in [5.74, 6) is -0.254. The third kappa shape index (κ3) is 3.61. The summed E-state index contributed by atoms with van der Waals surface area (Å²) in [5.41, 5.74) is 0.778. The Morgan fingerprint density at radius 2 is 2.56 bits per heavy atom. The molecule has 8 heteroatoms. The molecule has 100 valence electrons. The van der Waals surface area contributed by atoms with Gasteiger partial charge in [0.25, 0.3) is 0 Å². The van der Waals surface area contributed by atoms with Gasteiger partial charge in [-0.3, -0.25) is 9.69 Å². The van der Waals surface area contributed by atoms with E-state index in [1.165, 1.54) is 18.6 Å². The van der Waals surface area contributed by atoms with Crippen LogP contribution >= 0.6 is 23.1 Å². The van der Waals surface area contributed by atoms with Gasteiger partial charge in [-0.1, -0.05) is 16.1 Å². The standard InChI is InChI=1S/C10H14ClN3O3S/c1-16-9(15)4-7-5-14(2-3-17-7)6-8-10(11)18-13-12-8/h7H,2-6H2,1H3. The van der Waals surface area contributed by atoms with Gasteiger partial charge in [0.05, 0.1) is 26.2 Å². The molecule has 1 aromatic rings. The Labute approximate surface area is 114 Å². The molecule has 6 nitrogen and oxygen atoms in total. The lowest BCUT2D eigenvalue weighted by Gasteiger charge is -2.31. The zero-order valence-corrected chi connectivity index (χ0v) is 11.5. The summed E-state index contributed by atoms with van der Waals surface area (Å²) in [4.78, 5) is 13.3. The normalized spacial score (nSPS) is 20.9. The molecule has 0 bridgehead atoms. The van der Waals surface area contributed by atoms with E-state index >= 15 is 0 Å². The Bertz CT molecular complexity index is 415. The van der Waals surface area contributed by atoms with Gasteiger partial charge >= 0.3 is 5.97 Å². The molecule has 1 aliphatic rings. The average Bonchev–Trinajstić information content (AvgIpc) is 2.75. The van der Waals surface area contributed by atoms with Crippen molar-refractivity contribution in [2.45, 2.75) is 19.1 Å². The number of aromatic nitrogens is 2. The predicted molar refractivity (Wildman–Crippen MR) is 66.6 cm³/mol. The second kappa shape index (κ2) is 6.42. The van der Waals surface area contributed by atoms with Gasteiger partial charge in [0.1, 0.15) is 10.0 Å². The molecular formula is C10H14ClN3O3S. The van der Waals surface area contributed by atoms with Crippen molar-refractivity contribution in [3.63, 3.8) is 0 Å². The number of hydrogen-bond acceptors (Lipinski definition) is 7. The smallest absolute Gasteiger partial charge is 0.308 e. The third-order valence-electron chi connectivity index (χ3n) is 2.73. The quantitative estimate of drug-likeness (QED) is 0.770. The first-order chi connectivity index (χ1) is 8.69. The van der Waals surface area contributed by atoms with Crippen LogP contribution in [-0.2, 0) is 20.8 Å². The Hall–Kier alpha value is -0.760. The van der Waals surface area contributed by atoms with E-state index in [0.29, 0.717) is 24.0 Å². The average molecular weight is 292 g/mol. The molecule has 0 saturated carbocycles. The van der Waals surface area contributed by atoms with E-state index in [0.717, 1.165) is 12.2 Å². The minimum absolute atomic E-state index is 0.128. The van der Waals surface area contributed by atoms with Crippen LogP contribution in [0.4, 0.5) is 0 Å². The molecule has 1 aliphatic heterocycles. The fraction of sp³-hybridized carbons (Fsp3) is 0.700. The van der Waals surface area contributed by atoms with Crippen LogP contribution < -0.4 is 0 Å². The van der Waals surface area contributed by atoms with Gasteiger partial charge in [-0.25, -0.2) is 0 Å². The number of morpholine rings is 1. The van der Waals surface area contributed by atoms with Crippen molar-refractivity contribution in [3.05, 3.63) is 10.0 Å². The van der Waals surface area contributed by atoms with E-state index in [-0.39, 0.29) is 18.5 Å². The van der Waals surface area contributed by atoms with Gasteiger partial charge in [0.15, 0.2) is 0 Å². The maximum Gasteiger partial charge on any atom is 0.308 e. The summed E-state index contributed by atoms with van der Waals surface area (Å²) in [6, 6.07) is 0. The van der Waals surface area contributed by atoms with Crippen LogP contribution in [0, 0.1) is 0 Å². The van der Waals surface area contributed by atoms with Crippen LogP contribution in [0.25, 0.3) is 0 Å². The molecule has 1 saturated heterocycles. The van der Waals surface area contributed by atoms with Crippen LogP contribution in [0.2, 0.25) is 4.34 Å². The SMILES string of the molecule is COC(=O)CC1CN(Cc2nnsc2Cl)CCO1. The van der Waals surface area contributed by atoms with Gasteiger partial charge in [-0.15, -0.1) is 5.10 Å². The number of esters is 1. The first kappa shape index (κ1) is 13.7. The Kier molecular flexibility index (Phi) is 4.87. The number of methoxy groups -OCH3 is 1. The van der Waals surface area contributed by atoms with E-state index < -0.39 is 0 Å². The molecule has 2 rings (SSSR count). The summed E-state index contributed by atoms with van der Waals surface area (Å²) in [5, 5.41) is 3.97.